The third kappa shape index (κ3) is 7.17. The van der Waals surface area contributed by atoms with Crippen molar-refractivity contribution in [3.05, 3.63) is 181 Å². The van der Waals surface area contributed by atoms with Crippen LogP contribution >= 0.6 is 22.7 Å². The number of hydrogen-bond acceptors (Lipinski definition) is 10. The smallest absolute Gasteiger partial charge is 0.330 e. The van der Waals surface area contributed by atoms with Crippen molar-refractivity contribution < 1.29 is 28.5 Å². The summed E-state index contributed by atoms with van der Waals surface area (Å²) in [6.07, 6.45) is 2.27. The van der Waals surface area contributed by atoms with Crippen molar-refractivity contribution in [2.24, 2.45) is 0 Å². The maximum atomic E-state index is 11.3. The fraction of sp³-hybridized carbons (Fsp3) is 0.102. The number of aromatic nitrogens is 2. The van der Waals surface area contributed by atoms with E-state index in [9.17, 15) is 9.59 Å². The molecule has 0 unspecified atom stereocenters. The molecule has 0 N–H and O–H groups in total. The minimum atomic E-state index is -0.624. The van der Waals surface area contributed by atoms with Gasteiger partial charge in [0.25, 0.3) is 0 Å². The summed E-state index contributed by atoms with van der Waals surface area (Å²) in [5.74, 6) is 0.420. The van der Waals surface area contributed by atoms with Crippen LogP contribution in [0.1, 0.15) is 22.3 Å². The Morgan fingerprint density at radius 1 is 0.542 bits per heavy atom. The van der Waals surface area contributed by atoms with Crippen LogP contribution < -0.4 is 9.47 Å². The van der Waals surface area contributed by atoms with Crippen LogP contribution in [0.3, 0.4) is 0 Å². The van der Waals surface area contributed by atoms with Gasteiger partial charge in [-0.2, -0.15) is 0 Å². The predicted molar refractivity (Wildman–Crippen MR) is 234 cm³/mol. The highest BCUT2D eigenvalue weighted by Gasteiger charge is 2.46. The molecule has 0 amide bonds. The van der Waals surface area contributed by atoms with E-state index in [1.54, 1.807) is 22.7 Å². The van der Waals surface area contributed by atoms with Gasteiger partial charge in [0, 0.05) is 23.3 Å². The van der Waals surface area contributed by atoms with Gasteiger partial charge in [0.2, 0.25) is 0 Å². The second-order valence-corrected chi connectivity index (χ2v) is 15.8. The van der Waals surface area contributed by atoms with E-state index in [1.807, 2.05) is 48.5 Å². The fourth-order valence-electron chi connectivity index (χ4n) is 7.70. The van der Waals surface area contributed by atoms with Crippen molar-refractivity contribution in [1.29, 1.82) is 0 Å². The van der Waals surface area contributed by atoms with Crippen molar-refractivity contribution in [1.82, 2.24) is 9.97 Å². The standard InChI is InChI=1S/C49H36N2O6S2/c1-3-45(52)56-27-25-54-35-19-13-31(14-20-35)47-50-41-29-33(17-23-43(41)58-47)49(39-11-7-5-9-37(39)38-10-6-8-12-40(38)49)34-18-24-44-42(30-34)51-48(59-44)32-15-21-36(22-16-32)55-26-28-57-46(53)4-2/h3-24,29-30H,1-2,25-28H2. The number of carbonyl (C=O) groups excluding carboxylic acids is 2. The first-order valence-corrected chi connectivity index (χ1v) is 20.6. The number of rotatable bonds is 14. The summed E-state index contributed by atoms with van der Waals surface area (Å²) in [6, 6.07) is 46.4. The van der Waals surface area contributed by atoms with E-state index in [-0.39, 0.29) is 26.4 Å². The highest BCUT2D eigenvalue weighted by atomic mass is 32.1. The summed E-state index contributed by atoms with van der Waals surface area (Å²) in [5, 5.41) is 1.82. The van der Waals surface area contributed by atoms with Gasteiger partial charge < -0.3 is 18.9 Å². The molecule has 2 heterocycles. The van der Waals surface area contributed by atoms with Gasteiger partial charge in [-0.1, -0.05) is 73.8 Å². The molecule has 290 valence electrons. The molecule has 0 saturated carbocycles. The molecule has 0 atom stereocenters. The molecule has 0 aliphatic heterocycles. The second kappa shape index (κ2) is 16.2. The second-order valence-electron chi connectivity index (χ2n) is 13.7. The van der Waals surface area contributed by atoms with Gasteiger partial charge in [-0.25, -0.2) is 19.6 Å². The molecule has 9 rings (SSSR count). The summed E-state index contributed by atoms with van der Waals surface area (Å²) >= 11 is 3.31. The van der Waals surface area contributed by atoms with E-state index in [1.165, 1.54) is 22.3 Å². The average molecular weight is 813 g/mol. The Labute approximate surface area is 348 Å². The van der Waals surface area contributed by atoms with E-state index in [4.69, 9.17) is 28.9 Å². The molecule has 0 saturated heterocycles. The zero-order chi connectivity index (χ0) is 40.3. The number of nitrogens with zero attached hydrogens (tertiary/aromatic N) is 2. The number of benzene rings is 6. The summed E-state index contributed by atoms with van der Waals surface area (Å²) in [4.78, 5) is 33.0. The number of esters is 2. The lowest BCUT2D eigenvalue weighted by Gasteiger charge is -2.33. The molecular formula is C49H36N2O6S2. The van der Waals surface area contributed by atoms with Crippen LogP contribution in [0.2, 0.25) is 0 Å². The third-order valence-corrected chi connectivity index (χ3v) is 12.5. The summed E-state index contributed by atoms with van der Waals surface area (Å²) in [5.41, 5.74) is 10.3. The van der Waals surface area contributed by atoms with Gasteiger partial charge >= 0.3 is 11.9 Å². The lowest BCUT2D eigenvalue weighted by atomic mass is 9.67. The summed E-state index contributed by atoms with van der Waals surface area (Å²) in [7, 11) is 0. The maximum Gasteiger partial charge on any atom is 0.330 e. The minimum Gasteiger partial charge on any atom is -0.490 e. The Bertz CT molecular complexity index is 2680. The summed E-state index contributed by atoms with van der Waals surface area (Å²) in [6.45, 7) is 7.61. The molecule has 0 fully saturated rings. The van der Waals surface area contributed by atoms with Gasteiger partial charge in [0.1, 0.15) is 47.9 Å². The van der Waals surface area contributed by atoms with Gasteiger partial charge in [-0.05, 0) is 106 Å². The van der Waals surface area contributed by atoms with Crippen molar-refractivity contribution in [2.45, 2.75) is 5.41 Å². The van der Waals surface area contributed by atoms with Crippen LogP contribution in [0.5, 0.6) is 11.5 Å². The molecular weight excluding hydrogens is 777 g/mol. The molecule has 59 heavy (non-hydrogen) atoms. The van der Waals surface area contributed by atoms with Gasteiger partial charge in [0.15, 0.2) is 0 Å². The van der Waals surface area contributed by atoms with E-state index < -0.39 is 17.4 Å². The highest BCUT2D eigenvalue weighted by molar-refractivity contribution is 7.22. The minimum absolute atomic E-state index is 0.147. The van der Waals surface area contributed by atoms with Crippen LogP contribution in [-0.4, -0.2) is 48.3 Å². The first kappa shape index (κ1) is 37.7. The van der Waals surface area contributed by atoms with Crippen molar-refractivity contribution in [3.8, 4) is 43.8 Å². The fourth-order valence-corrected chi connectivity index (χ4v) is 9.60. The van der Waals surface area contributed by atoms with E-state index in [2.05, 4.69) is 98.1 Å². The predicted octanol–water partition coefficient (Wildman–Crippen LogP) is 10.8. The first-order chi connectivity index (χ1) is 28.9. The summed E-state index contributed by atoms with van der Waals surface area (Å²) < 4.78 is 23.7. The number of hydrogen-bond donors (Lipinski definition) is 0. The molecule has 10 heteroatoms. The lowest BCUT2D eigenvalue weighted by molar-refractivity contribution is -0.139. The number of carbonyl (C=O) groups is 2. The van der Waals surface area contributed by atoms with Crippen molar-refractivity contribution in [2.75, 3.05) is 26.4 Å². The molecule has 2 aromatic heterocycles. The Hall–Kier alpha value is -6.88. The molecule has 8 nitrogen and oxygen atoms in total. The Morgan fingerprint density at radius 3 is 1.39 bits per heavy atom. The Kier molecular flexibility index (Phi) is 10.3. The van der Waals surface area contributed by atoms with Crippen molar-refractivity contribution >= 4 is 55.0 Å². The normalized spacial score (nSPS) is 12.4. The largest absolute Gasteiger partial charge is 0.490 e. The van der Waals surface area contributed by atoms with Crippen LogP contribution in [0, 0.1) is 0 Å². The topological polar surface area (TPSA) is 96.8 Å². The number of thiazole rings is 2. The molecule has 0 radical (unpaired) electrons. The number of ether oxygens (including phenoxy) is 4. The molecule has 0 spiro atoms. The molecule has 6 aromatic carbocycles. The molecule has 8 aromatic rings. The van der Waals surface area contributed by atoms with E-state index >= 15 is 0 Å². The highest BCUT2D eigenvalue weighted by Crippen LogP contribution is 2.56. The maximum absolute atomic E-state index is 11.3. The lowest BCUT2D eigenvalue weighted by Crippen LogP contribution is -2.28. The average Bonchev–Trinajstić information content (AvgIpc) is 3.99. The van der Waals surface area contributed by atoms with Gasteiger partial charge in [-0.15, -0.1) is 22.7 Å². The van der Waals surface area contributed by atoms with Gasteiger partial charge in [0.05, 0.1) is 25.8 Å². The zero-order valence-corrected chi connectivity index (χ0v) is 33.4. The quantitative estimate of drug-likeness (QED) is 0.0608. The Balaban J connectivity index is 1.06. The first-order valence-electron chi connectivity index (χ1n) is 19.0. The Morgan fingerprint density at radius 2 is 0.966 bits per heavy atom. The van der Waals surface area contributed by atoms with Crippen LogP contribution in [0.4, 0.5) is 0 Å². The monoisotopic (exact) mass is 812 g/mol. The molecule has 1 aliphatic carbocycles. The van der Waals surface area contributed by atoms with Gasteiger partial charge in [-0.3, -0.25) is 0 Å². The number of fused-ring (bicyclic) bond motifs is 5. The third-order valence-electron chi connectivity index (χ3n) is 10.3. The zero-order valence-electron chi connectivity index (χ0n) is 31.8. The van der Waals surface area contributed by atoms with Crippen LogP contribution in [0.25, 0.3) is 52.7 Å². The molecule has 1 aliphatic rings. The van der Waals surface area contributed by atoms with E-state index in [0.29, 0.717) is 11.5 Å². The van der Waals surface area contributed by atoms with Crippen LogP contribution in [0.15, 0.2) is 159 Å². The van der Waals surface area contributed by atoms with Crippen molar-refractivity contribution in [3.63, 3.8) is 0 Å². The van der Waals surface area contributed by atoms with Crippen LogP contribution in [-0.2, 0) is 24.5 Å². The SMILES string of the molecule is C=CC(=O)OCCOc1ccc(-c2nc3cc(C4(c5ccc6sc(-c7ccc(OCCOC(=O)C=C)cc7)nc6c5)c5ccccc5-c5ccccc54)ccc3s2)cc1. The molecule has 0 bridgehead atoms. The van der Waals surface area contributed by atoms with E-state index in [0.717, 1.165) is 64.9 Å².